The molecule has 10 heteroatoms. The number of hydrogen-bond donors (Lipinski definition) is 1. The number of nitrogens with one attached hydrogen (secondary N) is 1. The van der Waals surface area contributed by atoms with Crippen LogP contribution in [0.4, 0.5) is 25.2 Å². The predicted octanol–water partition coefficient (Wildman–Crippen LogP) is 3.69. The minimum atomic E-state index is -2.71. The van der Waals surface area contributed by atoms with Crippen LogP contribution in [0, 0.1) is 0 Å². The summed E-state index contributed by atoms with van der Waals surface area (Å²) in [6.07, 6.45) is 0.679. The van der Waals surface area contributed by atoms with E-state index in [1.54, 1.807) is 26.8 Å². The van der Waals surface area contributed by atoms with Crippen LogP contribution in [0.1, 0.15) is 32.9 Å². The third-order valence-electron chi connectivity index (χ3n) is 3.19. The molecular weight excluding hydrogens is 346 g/mol. The minimum absolute atomic E-state index is 0.158. The standard InChI is InChI=1S/C16H16F2N6O2/c1-16(2,3)26-15(25)24-11-5-13(19-6-9(11)7-22-24)23-12-4-10(14(17)18)20-8-21-12/h4-8,14H,1-3H3,(H,19,20,21,23). The highest BCUT2D eigenvalue weighted by Gasteiger charge is 2.20. The van der Waals surface area contributed by atoms with Crippen molar-refractivity contribution >= 4 is 28.6 Å². The molecule has 0 unspecified atom stereocenters. The van der Waals surface area contributed by atoms with Gasteiger partial charge in [0.15, 0.2) is 0 Å². The Labute approximate surface area is 147 Å². The number of pyridine rings is 1. The topological polar surface area (TPSA) is 94.8 Å². The molecule has 0 spiro atoms. The van der Waals surface area contributed by atoms with Crippen LogP contribution in [0.3, 0.4) is 0 Å². The summed E-state index contributed by atoms with van der Waals surface area (Å²) in [7, 11) is 0. The zero-order valence-corrected chi connectivity index (χ0v) is 14.3. The van der Waals surface area contributed by atoms with Crippen LogP contribution >= 0.6 is 0 Å². The highest BCUT2D eigenvalue weighted by molar-refractivity contribution is 5.88. The smallest absolute Gasteiger partial charge is 0.435 e. The van der Waals surface area contributed by atoms with Crippen molar-refractivity contribution in [2.75, 3.05) is 5.32 Å². The molecule has 136 valence electrons. The highest BCUT2D eigenvalue weighted by Crippen LogP contribution is 2.22. The molecule has 3 aromatic rings. The van der Waals surface area contributed by atoms with Crippen LogP contribution < -0.4 is 5.32 Å². The summed E-state index contributed by atoms with van der Waals surface area (Å²) < 4.78 is 31.9. The molecule has 8 nitrogen and oxygen atoms in total. The van der Waals surface area contributed by atoms with Gasteiger partial charge in [-0.25, -0.2) is 28.5 Å². The summed E-state index contributed by atoms with van der Waals surface area (Å²) in [5, 5.41) is 7.44. The first-order valence-electron chi connectivity index (χ1n) is 7.67. The van der Waals surface area contributed by atoms with Gasteiger partial charge in [-0.05, 0) is 20.8 Å². The monoisotopic (exact) mass is 362 g/mol. The molecule has 3 rings (SSSR count). The highest BCUT2D eigenvalue weighted by atomic mass is 19.3. The Morgan fingerprint density at radius 3 is 2.58 bits per heavy atom. The molecule has 0 atom stereocenters. The fourth-order valence-corrected chi connectivity index (χ4v) is 2.13. The Balaban J connectivity index is 1.90. The lowest BCUT2D eigenvalue weighted by molar-refractivity contribution is 0.0522. The summed E-state index contributed by atoms with van der Waals surface area (Å²) in [6.45, 7) is 5.25. The van der Waals surface area contributed by atoms with Gasteiger partial charge in [0.25, 0.3) is 6.43 Å². The van der Waals surface area contributed by atoms with E-state index in [4.69, 9.17) is 4.74 Å². The van der Waals surface area contributed by atoms with Gasteiger partial charge in [0.05, 0.1) is 11.7 Å². The zero-order chi connectivity index (χ0) is 18.9. The molecule has 0 aliphatic rings. The molecule has 26 heavy (non-hydrogen) atoms. The van der Waals surface area contributed by atoms with Crippen LogP contribution in [0.5, 0.6) is 0 Å². The number of ether oxygens (including phenoxy) is 1. The number of halogens is 2. The maximum Gasteiger partial charge on any atom is 0.435 e. The lowest BCUT2D eigenvalue weighted by Crippen LogP contribution is -2.27. The Morgan fingerprint density at radius 1 is 1.15 bits per heavy atom. The molecule has 0 saturated carbocycles. The van der Waals surface area contributed by atoms with Gasteiger partial charge in [-0.2, -0.15) is 9.78 Å². The Bertz CT molecular complexity index is 951. The fraction of sp³-hybridized carbons (Fsp3) is 0.312. The lowest BCUT2D eigenvalue weighted by Gasteiger charge is -2.19. The zero-order valence-electron chi connectivity index (χ0n) is 14.3. The van der Waals surface area contributed by atoms with Crippen molar-refractivity contribution in [1.29, 1.82) is 0 Å². The number of fused-ring (bicyclic) bond motifs is 1. The summed E-state index contributed by atoms with van der Waals surface area (Å²) in [5.41, 5.74) is -0.613. The third-order valence-corrected chi connectivity index (χ3v) is 3.19. The molecule has 0 amide bonds. The summed E-state index contributed by atoms with van der Waals surface area (Å²) in [5.74, 6) is 0.465. The largest absolute Gasteiger partial charge is 0.442 e. The van der Waals surface area contributed by atoms with Crippen molar-refractivity contribution in [1.82, 2.24) is 24.7 Å². The number of carbonyl (C=O) groups is 1. The van der Waals surface area contributed by atoms with Crippen LogP contribution in [-0.2, 0) is 4.74 Å². The number of hydrogen-bond acceptors (Lipinski definition) is 7. The van der Waals surface area contributed by atoms with Gasteiger partial charge in [0.2, 0.25) is 0 Å². The van der Waals surface area contributed by atoms with E-state index in [9.17, 15) is 13.6 Å². The number of rotatable bonds is 3. The van der Waals surface area contributed by atoms with Crippen molar-refractivity contribution in [3.8, 4) is 0 Å². The molecule has 0 aliphatic carbocycles. The van der Waals surface area contributed by atoms with E-state index in [0.717, 1.165) is 17.1 Å². The molecular formula is C16H16F2N6O2. The second-order valence-electron chi connectivity index (χ2n) is 6.42. The second-order valence-corrected chi connectivity index (χ2v) is 6.42. The van der Waals surface area contributed by atoms with Gasteiger partial charge in [-0.3, -0.25) is 0 Å². The molecule has 0 bridgehead atoms. The molecule has 0 saturated heterocycles. The number of carbonyl (C=O) groups excluding carboxylic acids is 1. The quantitative estimate of drug-likeness (QED) is 0.759. The second kappa shape index (κ2) is 6.62. The number of alkyl halides is 2. The van der Waals surface area contributed by atoms with Crippen LogP contribution in [-0.4, -0.2) is 36.4 Å². The van der Waals surface area contributed by atoms with Crippen molar-refractivity contribution in [2.24, 2.45) is 0 Å². The fourth-order valence-electron chi connectivity index (χ4n) is 2.13. The van der Waals surface area contributed by atoms with Gasteiger partial charge in [-0.1, -0.05) is 0 Å². The normalized spacial score (nSPS) is 11.8. The first-order valence-corrected chi connectivity index (χ1v) is 7.67. The van der Waals surface area contributed by atoms with Gasteiger partial charge in [0, 0.05) is 23.7 Å². The van der Waals surface area contributed by atoms with Crippen LogP contribution in [0.25, 0.3) is 10.9 Å². The Kier molecular flexibility index (Phi) is 4.49. The van der Waals surface area contributed by atoms with E-state index in [1.807, 2.05) is 0 Å². The average molecular weight is 362 g/mol. The Morgan fingerprint density at radius 2 is 1.88 bits per heavy atom. The maximum absolute atomic E-state index is 12.7. The number of aromatic nitrogens is 5. The lowest BCUT2D eigenvalue weighted by atomic mass is 10.2. The SMILES string of the molecule is CC(C)(C)OC(=O)n1ncc2cnc(Nc3cc(C(F)F)ncn3)cc21. The van der Waals surface area contributed by atoms with E-state index < -0.39 is 23.8 Å². The van der Waals surface area contributed by atoms with E-state index in [2.05, 4.69) is 25.4 Å². The van der Waals surface area contributed by atoms with Gasteiger partial charge >= 0.3 is 6.09 Å². The van der Waals surface area contributed by atoms with E-state index in [0.29, 0.717) is 16.7 Å². The number of nitrogens with zero attached hydrogens (tertiary/aromatic N) is 5. The third kappa shape index (κ3) is 3.90. The molecule has 0 aliphatic heterocycles. The maximum atomic E-state index is 12.7. The molecule has 0 fully saturated rings. The number of anilines is 2. The minimum Gasteiger partial charge on any atom is -0.442 e. The van der Waals surface area contributed by atoms with Gasteiger partial charge < -0.3 is 10.1 Å². The molecule has 3 heterocycles. The predicted molar refractivity (Wildman–Crippen MR) is 89.4 cm³/mol. The molecule has 1 N–H and O–H groups in total. The molecule has 0 aromatic carbocycles. The van der Waals surface area contributed by atoms with E-state index in [1.165, 1.54) is 12.4 Å². The Hall–Kier alpha value is -3.17. The van der Waals surface area contributed by atoms with Crippen molar-refractivity contribution in [3.63, 3.8) is 0 Å². The van der Waals surface area contributed by atoms with E-state index in [-0.39, 0.29) is 5.82 Å². The van der Waals surface area contributed by atoms with Gasteiger partial charge in [0.1, 0.15) is 29.3 Å². The average Bonchev–Trinajstić information content (AvgIpc) is 2.97. The van der Waals surface area contributed by atoms with Gasteiger partial charge in [-0.15, -0.1) is 0 Å². The first kappa shape index (κ1) is 17.6. The van der Waals surface area contributed by atoms with E-state index >= 15 is 0 Å². The van der Waals surface area contributed by atoms with Crippen LogP contribution in [0.2, 0.25) is 0 Å². The summed E-state index contributed by atoms with van der Waals surface area (Å²) in [6, 6.07) is 2.68. The van der Waals surface area contributed by atoms with Crippen LogP contribution in [0.15, 0.2) is 30.9 Å². The molecule has 3 aromatic heterocycles. The summed E-state index contributed by atoms with van der Waals surface area (Å²) in [4.78, 5) is 23.8. The van der Waals surface area contributed by atoms with Crippen molar-refractivity contribution < 1.29 is 18.3 Å². The summed E-state index contributed by atoms with van der Waals surface area (Å²) >= 11 is 0. The van der Waals surface area contributed by atoms with Crippen molar-refractivity contribution in [2.45, 2.75) is 32.8 Å². The van der Waals surface area contributed by atoms with Crippen molar-refractivity contribution in [3.05, 3.63) is 36.5 Å². The molecule has 0 radical (unpaired) electrons. The first-order chi connectivity index (χ1) is 12.2.